The van der Waals surface area contributed by atoms with Crippen molar-refractivity contribution in [2.45, 2.75) is 77.1 Å². The molecule has 1 aliphatic carbocycles. The fourth-order valence-electron chi connectivity index (χ4n) is 3.74. The molecule has 0 amide bonds. The second-order valence-corrected chi connectivity index (χ2v) is 6.05. The second kappa shape index (κ2) is 6.90. The van der Waals surface area contributed by atoms with E-state index < -0.39 is 0 Å². The van der Waals surface area contributed by atoms with Crippen LogP contribution in [0.5, 0.6) is 0 Å². The van der Waals surface area contributed by atoms with E-state index in [1.807, 2.05) is 0 Å². The maximum absolute atomic E-state index is 12.0. The summed E-state index contributed by atoms with van der Waals surface area (Å²) in [6.07, 6.45) is 6.81. The van der Waals surface area contributed by atoms with Crippen LogP contribution in [0.1, 0.15) is 58.8 Å². The number of hydrogen-bond acceptors (Lipinski definition) is 4. The molecule has 4 heteroatoms. The van der Waals surface area contributed by atoms with Crippen LogP contribution in [-0.2, 0) is 19.0 Å². The maximum atomic E-state index is 12.0. The summed E-state index contributed by atoms with van der Waals surface area (Å²) in [6.45, 7) is 5.15. The largest absolute Gasteiger partial charge is 0.462 e. The molecular formula is C16H28O4. The van der Waals surface area contributed by atoms with Crippen LogP contribution >= 0.6 is 0 Å². The molecule has 0 aromatic rings. The van der Waals surface area contributed by atoms with Crippen LogP contribution in [0.3, 0.4) is 0 Å². The molecule has 3 atom stereocenters. The summed E-state index contributed by atoms with van der Waals surface area (Å²) in [5.74, 6) is -0.0775. The first-order valence-electron chi connectivity index (χ1n) is 8.00. The number of ether oxygens (including phenoxy) is 3. The van der Waals surface area contributed by atoms with Gasteiger partial charge in [-0.3, -0.25) is 4.79 Å². The lowest BCUT2D eigenvalue weighted by molar-refractivity contribution is -0.210. The van der Waals surface area contributed by atoms with Gasteiger partial charge >= 0.3 is 5.97 Å². The fourth-order valence-corrected chi connectivity index (χ4v) is 3.74. The second-order valence-electron chi connectivity index (χ2n) is 6.05. The highest BCUT2D eigenvalue weighted by atomic mass is 16.6. The number of hydrogen-bond donors (Lipinski definition) is 0. The first-order valence-corrected chi connectivity index (χ1v) is 8.00. The Labute approximate surface area is 122 Å². The first kappa shape index (κ1) is 15.8. The number of methoxy groups -OCH3 is 1. The van der Waals surface area contributed by atoms with E-state index in [2.05, 4.69) is 13.8 Å². The molecule has 0 bridgehead atoms. The number of esters is 1. The molecule has 1 heterocycles. The lowest BCUT2D eigenvalue weighted by Crippen LogP contribution is -2.58. The van der Waals surface area contributed by atoms with Crippen molar-refractivity contribution in [1.82, 2.24) is 0 Å². The van der Waals surface area contributed by atoms with E-state index in [0.29, 0.717) is 6.42 Å². The Morgan fingerprint density at radius 3 is 2.60 bits per heavy atom. The summed E-state index contributed by atoms with van der Waals surface area (Å²) in [5, 5.41) is 0. The molecule has 0 spiro atoms. The third-order valence-corrected chi connectivity index (χ3v) is 5.28. The van der Waals surface area contributed by atoms with Crippen LogP contribution in [0.2, 0.25) is 0 Å². The van der Waals surface area contributed by atoms with Gasteiger partial charge in [0.1, 0.15) is 6.10 Å². The van der Waals surface area contributed by atoms with Gasteiger partial charge in [0.05, 0.1) is 12.2 Å². The summed E-state index contributed by atoms with van der Waals surface area (Å²) in [6, 6.07) is 0. The van der Waals surface area contributed by atoms with Crippen molar-refractivity contribution in [2.75, 3.05) is 13.7 Å². The Morgan fingerprint density at radius 1 is 1.30 bits per heavy atom. The smallest absolute Gasteiger partial charge is 0.306 e. The zero-order valence-corrected chi connectivity index (χ0v) is 13.0. The highest BCUT2D eigenvalue weighted by Gasteiger charge is 2.55. The monoisotopic (exact) mass is 284 g/mol. The average Bonchev–Trinajstić information content (AvgIpc) is 2.95. The van der Waals surface area contributed by atoms with E-state index in [1.165, 1.54) is 0 Å². The first-order chi connectivity index (χ1) is 9.66. The zero-order chi connectivity index (χ0) is 14.6. The van der Waals surface area contributed by atoms with Crippen molar-refractivity contribution in [1.29, 1.82) is 0 Å². The molecule has 0 radical (unpaired) electrons. The highest BCUT2D eigenvalue weighted by molar-refractivity contribution is 5.69. The minimum Gasteiger partial charge on any atom is -0.462 e. The molecule has 0 aromatic heterocycles. The number of rotatable bonds is 7. The molecule has 0 N–H and O–H groups in total. The third kappa shape index (κ3) is 3.01. The molecule has 0 aromatic carbocycles. The van der Waals surface area contributed by atoms with E-state index in [4.69, 9.17) is 14.2 Å². The number of carbonyl (C=O) groups excluding carboxylic acids is 1. The molecule has 1 aliphatic heterocycles. The normalized spacial score (nSPS) is 31.9. The van der Waals surface area contributed by atoms with Gasteiger partial charge in [-0.1, -0.05) is 13.8 Å². The minimum absolute atomic E-state index is 0.0221. The van der Waals surface area contributed by atoms with Gasteiger partial charge in [0.15, 0.2) is 0 Å². The summed E-state index contributed by atoms with van der Waals surface area (Å²) in [4.78, 5) is 12.0. The lowest BCUT2D eigenvalue weighted by atomic mass is 9.60. The van der Waals surface area contributed by atoms with Crippen LogP contribution in [-0.4, -0.2) is 38.0 Å². The van der Waals surface area contributed by atoms with E-state index in [-0.39, 0.29) is 29.7 Å². The molecule has 116 valence electrons. The molecule has 2 aliphatic rings. The summed E-state index contributed by atoms with van der Waals surface area (Å²) >= 11 is 0. The molecule has 2 rings (SSSR count). The molecule has 2 fully saturated rings. The molecule has 1 saturated heterocycles. The topological polar surface area (TPSA) is 44.8 Å². The van der Waals surface area contributed by atoms with Crippen molar-refractivity contribution in [2.24, 2.45) is 5.41 Å². The Bertz CT molecular complexity index is 318. The lowest BCUT2D eigenvalue weighted by Gasteiger charge is -2.53. The van der Waals surface area contributed by atoms with Gasteiger partial charge in [-0.05, 0) is 32.1 Å². The predicted octanol–water partition coefficient (Wildman–Crippen LogP) is 3.08. The fraction of sp³-hybridized carbons (Fsp3) is 0.938. The molecule has 3 unspecified atom stereocenters. The van der Waals surface area contributed by atoms with Gasteiger partial charge in [-0.25, -0.2) is 0 Å². The van der Waals surface area contributed by atoms with Crippen LogP contribution < -0.4 is 0 Å². The van der Waals surface area contributed by atoms with Crippen molar-refractivity contribution in [3.8, 4) is 0 Å². The van der Waals surface area contributed by atoms with Crippen molar-refractivity contribution < 1.29 is 19.0 Å². The third-order valence-electron chi connectivity index (χ3n) is 5.28. The Kier molecular flexibility index (Phi) is 5.44. The van der Waals surface area contributed by atoms with E-state index in [9.17, 15) is 4.79 Å². The van der Waals surface area contributed by atoms with Gasteiger partial charge in [-0.15, -0.1) is 0 Å². The average molecular weight is 284 g/mol. The molecular weight excluding hydrogens is 256 g/mol. The van der Waals surface area contributed by atoms with Crippen LogP contribution in [0.4, 0.5) is 0 Å². The standard InChI is InChI=1S/C16H28O4/c1-4-16(5-2)13(18-3)11-14(16)20-15(17)9-8-12-7-6-10-19-12/h12-14H,4-11H2,1-3H3. The van der Waals surface area contributed by atoms with E-state index >= 15 is 0 Å². The van der Waals surface area contributed by atoms with Gasteiger partial charge in [0.2, 0.25) is 0 Å². The Balaban J connectivity index is 1.78. The summed E-state index contributed by atoms with van der Waals surface area (Å²) in [7, 11) is 1.75. The maximum Gasteiger partial charge on any atom is 0.306 e. The van der Waals surface area contributed by atoms with Gasteiger partial charge in [0.25, 0.3) is 0 Å². The molecule has 4 nitrogen and oxygen atoms in total. The summed E-state index contributed by atoms with van der Waals surface area (Å²) in [5.41, 5.74) is 0.0221. The van der Waals surface area contributed by atoms with Gasteiger partial charge in [0, 0.05) is 32.0 Å². The number of carbonyl (C=O) groups is 1. The highest BCUT2D eigenvalue weighted by Crippen LogP contribution is 2.50. The van der Waals surface area contributed by atoms with Crippen LogP contribution in [0, 0.1) is 5.41 Å². The van der Waals surface area contributed by atoms with Crippen LogP contribution in [0.25, 0.3) is 0 Å². The quantitative estimate of drug-likeness (QED) is 0.674. The predicted molar refractivity (Wildman–Crippen MR) is 76.5 cm³/mol. The molecule has 1 saturated carbocycles. The Morgan fingerprint density at radius 2 is 2.05 bits per heavy atom. The van der Waals surface area contributed by atoms with E-state index in [0.717, 1.165) is 45.1 Å². The van der Waals surface area contributed by atoms with Crippen molar-refractivity contribution in [3.05, 3.63) is 0 Å². The van der Waals surface area contributed by atoms with Crippen molar-refractivity contribution in [3.63, 3.8) is 0 Å². The zero-order valence-electron chi connectivity index (χ0n) is 13.0. The van der Waals surface area contributed by atoms with Crippen molar-refractivity contribution >= 4 is 5.97 Å². The Hall–Kier alpha value is -0.610. The van der Waals surface area contributed by atoms with Gasteiger partial charge in [-0.2, -0.15) is 0 Å². The minimum atomic E-state index is -0.0775. The van der Waals surface area contributed by atoms with Crippen LogP contribution in [0.15, 0.2) is 0 Å². The molecule has 20 heavy (non-hydrogen) atoms. The SMILES string of the molecule is CCC1(CC)C(OC)CC1OC(=O)CCC1CCCO1. The van der Waals surface area contributed by atoms with Gasteiger partial charge < -0.3 is 14.2 Å². The van der Waals surface area contributed by atoms with E-state index in [1.54, 1.807) is 7.11 Å². The summed E-state index contributed by atoms with van der Waals surface area (Å²) < 4.78 is 16.8.